The molecule has 1 heterocycles. The van der Waals surface area contributed by atoms with Crippen molar-refractivity contribution < 1.29 is 58.2 Å². The minimum atomic E-state index is -1.91. The van der Waals surface area contributed by atoms with E-state index >= 15 is 0 Å². The van der Waals surface area contributed by atoms with Gasteiger partial charge < -0.3 is 39.0 Å². The molecule has 6 unspecified atom stereocenters. The van der Waals surface area contributed by atoms with E-state index in [9.17, 15) is 34.5 Å². The second-order valence-electron chi connectivity index (χ2n) is 19.9. The number of carboxylic acid groups (broad SMARTS) is 1. The number of aliphatic hydroxyl groups is 2. The number of aliphatic carboxylic acids is 1. The van der Waals surface area contributed by atoms with Crippen LogP contribution in [0.5, 0.6) is 0 Å². The predicted octanol–water partition coefficient (Wildman–Crippen LogP) is 14.8. The number of unbranched alkanes of at least 4 members (excludes halogenated alkanes) is 25. The number of esters is 3. The molecule has 1 fully saturated rings. The number of aliphatic hydroxyl groups excluding tert-OH is 2. The van der Waals surface area contributed by atoms with Crippen molar-refractivity contribution in [2.24, 2.45) is 0 Å². The zero-order valence-corrected chi connectivity index (χ0v) is 46.1. The van der Waals surface area contributed by atoms with Gasteiger partial charge in [0, 0.05) is 19.3 Å². The Hall–Kier alpha value is -3.58. The van der Waals surface area contributed by atoms with Gasteiger partial charge in [0.05, 0.1) is 6.61 Å². The number of hydrogen-bond donors (Lipinski definition) is 3. The van der Waals surface area contributed by atoms with Crippen molar-refractivity contribution in [2.75, 3.05) is 13.2 Å². The lowest BCUT2D eigenvalue weighted by Gasteiger charge is -2.40. The third kappa shape index (κ3) is 39.5. The first kappa shape index (κ1) is 67.4. The van der Waals surface area contributed by atoms with Crippen LogP contribution in [0.4, 0.5) is 0 Å². The van der Waals surface area contributed by atoms with Crippen LogP contribution in [0.15, 0.2) is 60.8 Å². The highest BCUT2D eigenvalue weighted by atomic mass is 16.7. The summed E-state index contributed by atoms with van der Waals surface area (Å²) in [5.74, 6) is -3.22. The standard InChI is InChI=1S/C61H104O12/c1-4-7-10-13-16-19-22-25-26-27-28-31-34-37-40-43-46-49-55(64)72-59-57(66)56(65)58(60(67)68)73-61(59)70-51-52(71-54(63)48-45-42-39-36-33-30-24-21-18-15-12-9-6-3)50-69-53(62)47-44-41-38-35-32-29-23-20-17-14-11-8-5-2/h8,11,17,20,25-26,29,32,38,41,52,56-59,61,65-66H,4-7,9-10,12-16,18-19,21-24,27-28,30-31,33-37,39-40,42-51H2,1-3H3,(H,67,68)/b11-8-,20-17-,26-25-,32-29-,41-38-. The zero-order valence-electron chi connectivity index (χ0n) is 46.1. The van der Waals surface area contributed by atoms with Gasteiger partial charge in [-0.3, -0.25) is 14.4 Å². The van der Waals surface area contributed by atoms with Crippen LogP contribution in [-0.4, -0.2) is 89.2 Å². The number of carbonyl (C=O) groups is 4. The SMILES string of the molecule is CC/C=C\C/C=C\C/C=C\C/C=C\CCC(=O)OCC(COC1OC(C(=O)O)C(O)C(O)C1OC(=O)CCCCCCCCC/C=C\CCCCCCCC)OC(=O)CCCCCCCCCCCCCCC. The van der Waals surface area contributed by atoms with E-state index in [-0.39, 0.29) is 25.9 Å². The molecule has 1 rings (SSSR count). The molecule has 0 saturated carbocycles. The van der Waals surface area contributed by atoms with E-state index in [0.29, 0.717) is 19.3 Å². The fourth-order valence-corrected chi connectivity index (χ4v) is 8.61. The van der Waals surface area contributed by atoms with Gasteiger partial charge in [0.2, 0.25) is 0 Å². The van der Waals surface area contributed by atoms with E-state index in [1.165, 1.54) is 116 Å². The van der Waals surface area contributed by atoms with Gasteiger partial charge in [0.1, 0.15) is 18.8 Å². The van der Waals surface area contributed by atoms with Crippen molar-refractivity contribution in [3.63, 3.8) is 0 Å². The summed E-state index contributed by atoms with van der Waals surface area (Å²) in [7, 11) is 0. The Labute approximate surface area is 443 Å². The number of carbonyl (C=O) groups excluding carboxylic acids is 3. The average molecular weight is 1030 g/mol. The van der Waals surface area contributed by atoms with Crippen LogP contribution in [0, 0.1) is 0 Å². The summed E-state index contributed by atoms with van der Waals surface area (Å²) in [6.07, 6.45) is 47.8. The van der Waals surface area contributed by atoms with E-state index in [2.05, 4.69) is 69.4 Å². The van der Waals surface area contributed by atoms with Gasteiger partial charge >= 0.3 is 23.9 Å². The number of allylic oxidation sites excluding steroid dienone is 10. The smallest absolute Gasteiger partial charge is 0.335 e. The molecule has 1 saturated heterocycles. The third-order valence-electron chi connectivity index (χ3n) is 13.1. The number of carboxylic acids is 1. The Bertz CT molecular complexity index is 1500. The highest BCUT2D eigenvalue weighted by Gasteiger charge is 2.50. The van der Waals surface area contributed by atoms with Crippen LogP contribution in [0.25, 0.3) is 0 Å². The fourth-order valence-electron chi connectivity index (χ4n) is 8.61. The monoisotopic (exact) mass is 1030 g/mol. The van der Waals surface area contributed by atoms with E-state index in [4.69, 9.17) is 23.7 Å². The Morgan fingerprint density at radius 2 is 0.890 bits per heavy atom. The molecule has 12 heteroatoms. The molecule has 0 radical (unpaired) electrons. The maximum atomic E-state index is 13.1. The minimum absolute atomic E-state index is 0.0497. The molecule has 3 N–H and O–H groups in total. The molecule has 73 heavy (non-hydrogen) atoms. The number of ether oxygens (including phenoxy) is 5. The normalized spacial score (nSPS) is 18.7. The molecule has 0 aromatic heterocycles. The summed E-state index contributed by atoms with van der Waals surface area (Å²) in [4.78, 5) is 51.0. The highest BCUT2D eigenvalue weighted by Crippen LogP contribution is 2.26. The number of hydrogen-bond acceptors (Lipinski definition) is 11. The minimum Gasteiger partial charge on any atom is -0.479 e. The lowest BCUT2D eigenvalue weighted by atomic mass is 9.98. The summed E-state index contributed by atoms with van der Waals surface area (Å²) in [5, 5.41) is 31.5. The molecule has 0 aromatic rings. The number of rotatable bonds is 49. The van der Waals surface area contributed by atoms with Gasteiger partial charge in [-0.1, -0.05) is 223 Å². The largest absolute Gasteiger partial charge is 0.479 e. The van der Waals surface area contributed by atoms with Gasteiger partial charge in [-0.15, -0.1) is 0 Å². The Morgan fingerprint density at radius 3 is 1.37 bits per heavy atom. The van der Waals surface area contributed by atoms with Gasteiger partial charge in [0.25, 0.3) is 0 Å². The van der Waals surface area contributed by atoms with Crippen molar-refractivity contribution in [2.45, 2.75) is 289 Å². The molecule has 0 aromatic carbocycles. The van der Waals surface area contributed by atoms with E-state index in [0.717, 1.165) is 77.0 Å². The van der Waals surface area contributed by atoms with Crippen molar-refractivity contribution in [1.29, 1.82) is 0 Å². The molecule has 420 valence electrons. The van der Waals surface area contributed by atoms with Crippen molar-refractivity contribution in [3.05, 3.63) is 60.8 Å². The summed E-state index contributed by atoms with van der Waals surface area (Å²) < 4.78 is 28.3. The van der Waals surface area contributed by atoms with Crippen LogP contribution in [0.1, 0.15) is 252 Å². The summed E-state index contributed by atoms with van der Waals surface area (Å²) in [6.45, 7) is 5.81. The second-order valence-corrected chi connectivity index (χ2v) is 19.9. The first-order valence-corrected chi connectivity index (χ1v) is 29.3. The second kappa shape index (κ2) is 49.3. The van der Waals surface area contributed by atoms with Crippen molar-refractivity contribution in [1.82, 2.24) is 0 Å². The zero-order chi connectivity index (χ0) is 53.3. The molecule has 6 atom stereocenters. The van der Waals surface area contributed by atoms with Crippen LogP contribution in [0.2, 0.25) is 0 Å². The average Bonchev–Trinajstić information content (AvgIpc) is 3.37. The molecule has 0 bridgehead atoms. The summed E-state index contributed by atoms with van der Waals surface area (Å²) in [5.41, 5.74) is 0. The van der Waals surface area contributed by atoms with Crippen LogP contribution in [-0.2, 0) is 42.9 Å². The quantitative estimate of drug-likeness (QED) is 0.0228. The molecule has 0 spiro atoms. The van der Waals surface area contributed by atoms with Crippen molar-refractivity contribution in [3.8, 4) is 0 Å². The first-order chi connectivity index (χ1) is 35.6. The fraction of sp³-hybridized carbons (Fsp3) is 0.770. The molecular formula is C61H104O12. The molecule has 1 aliphatic rings. The Balaban J connectivity index is 2.71. The van der Waals surface area contributed by atoms with Crippen LogP contribution < -0.4 is 0 Å². The van der Waals surface area contributed by atoms with Gasteiger partial charge in [-0.25, -0.2) is 4.79 Å². The van der Waals surface area contributed by atoms with E-state index < -0.39 is 67.3 Å². The molecule has 12 nitrogen and oxygen atoms in total. The molecule has 0 amide bonds. The predicted molar refractivity (Wildman–Crippen MR) is 294 cm³/mol. The van der Waals surface area contributed by atoms with Crippen LogP contribution in [0.3, 0.4) is 0 Å². The van der Waals surface area contributed by atoms with Gasteiger partial charge in [-0.05, 0) is 70.6 Å². The molecule has 0 aliphatic carbocycles. The van der Waals surface area contributed by atoms with Crippen molar-refractivity contribution >= 4 is 23.9 Å². The highest BCUT2D eigenvalue weighted by molar-refractivity contribution is 5.74. The topological polar surface area (TPSA) is 175 Å². The van der Waals surface area contributed by atoms with Gasteiger partial charge in [-0.2, -0.15) is 0 Å². The Kier molecular flexibility index (Phi) is 45.5. The van der Waals surface area contributed by atoms with E-state index in [1.807, 2.05) is 12.2 Å². The third-order valence-corrected chi connectivity index (χ3v) is 13.1. The maximum absolute atomic E-state index is 13.1. The lowest BCUT2D eigenvalue weighted by Crippen LogP contribution is -2.61. The summed E-state index contributed by atoms with van der Waals surface area (Å²) >= 11 is 0. The lowest BCUT2D eigenvalue weighted by molar-refractivity contribution is -0.301. The molecular weight excluding hydrogens is 925 g/mol. The first-order valence-electron chi connectivity index (χ1n) is 29.3. The van der Waals surface area contributed by atoms with E-state index in [1.54, 1.807) is 0 Å². The maximum Gasteiger partial charge on any atom is 0.335 e. The van der Waals surface area contributed by atoms with Crippen LogP contribution >= 0.6 is 0 Å². The van der Waals surface area contributed by atoms with Gasteiger partial charge in [0.15, 0.2) is 24.6 Å². The Morgan fingerprint density at radius 1 is 0.466 bits per heavy atom. The molecule has 1 aliphatic heterocycles. The summed E-state index contributed by atoms with van der Waals surface area (Å²) in [6, 6.07) is 0.